The fourth-order valence-electron chi connectivity index (χ4n) is 3.22. The number of aliphatic imine (C=N–C) groups is 1. The Morgan fingerprint density at radius 3 is 2.68 bits per heavy atom. The SMILES string of the molecule is CN=C(NCCOc1ccc(F)cc1F)NCc1cccc(COC2CCOCC2)c1. The lowest BCUT2D eigenvalue weighted by molar-refractivity contribution is -0.0390. The van der Waals surface area contributed by atoms with E-state index in [-0.39, 0.29) is 18.5 Å². The molecular formula is C23H29F2N3O3. The molecule has 0 amide bonds. The van der Waals surface area contributed by atoms with Crippen LogP contribution in [-0.4, -0.2) is 45.5 Å². The van der Waals surface area contributed by atoms with E-state index in [1.54, 1.807) is 7.05 Å². The van der Waals surface area contributed by atoms with Crippen molar-refractivity contribution in [3.8, 4) is 5.75 Å². The quantitative estimate of drug-likeness (QED) is 0.361. The summed E-state index contributed by atoms with van der Waals surface area (Å²) in [6.07, 6.45) is 2.16. The van der Waals surface area contributed by atoms with Crippen LogP contribution in [0.1, 0.15) is 24.0 Å². The summed E-state index contributed by atoms with van der Waals surface area (Å²) in [5.41, 5.74) is 2.24. The highest BCUT2D eigenvalue weighted by Gasteiger charge is 2.14. The van der Waals surface area contributed by atoms with E-state index >= 15 is 0 Å². The summed E-state index contributed by atoms with van der Waals surface area (Å²) in [4.78, 5) is 4.18. The monoisotopic (exact) mass is 433 g/mol. The lowest BCUT2D eigenvalue weighted by Gasteiger charge is -2.22. The molecule has 1 aliphatic heterocycles. The average molecular weight is 433 g/mol. The van der Waals surface area contributed by atoms with Gasteiger partial charge in [-0.25, -0.2) is 8.78 Å². The normalized spacial score (nSPS) is 15.0. The molecule has 0 spiro atoms. The molecule has 1 fully saturated rings. The van der Waals surface area contributed by atoms with Crippen LogP contribution in [-0.2, 0) is 22.6 Å². The third-order valence-electron chi connectivity index (χ3n) is 4.87. The summed E-state index contributed by atoms with van der Waals surface area (Å²) in [6.45, 7) is 3.34. The molecule has 0 aromatic heterocycles. The Morgan fingerprint density at radius 1 is 1.10 bits per heavy atom. The van der Waals surface area contributed by atoms with E-state index in [1.165, 1.54) is 6.07 Å². The van der Waals surface area contributed by atoms with Crippen molar-refractivity contribution in [3.05, 3.63) is 65.2 Å². The maximum absolute atomic E-state index is 13.6. The minimum absolute atomic E-state index is 0.0194. The zero-order chi connectivity index (χ0) is 21.9. The van der Waals surface area contributed by atoms with E-state index in [4.69, 9.17) is 14.2 Å². The van der Waals surface area contributed by atoms with Gasteiger partial charge in [-0.1, -0.05) is 24.3 Å². The van der Waals surface area contributed by atoms with Gasteiger partial charge in [0.15, 0.2) is 17.5 Å². The third-order valence-corrected chi connectivity index (χ3v) is 4.87. The summed E-state index contributed by atoms with van der Waals surface area (Å²) in [5, 5.41) is 6.34. The first-order valence-corrected chi connectivity index (χ1v) is 10.4. The summed E-state index contributed by atoms with van der Waals surface area (Å²) >= 11 is 0. The second-order valence-corrected chi connectivity index (χ2v) is 7.22. The van der Waals surface area contributed by atoms with Crippen molar-refractivity contribution in [2.75, 3.05) is 33.4 Å². The van der Waals surface area contributed by atoms with E-state index in [0.29, 0.717) is 25.7 Å². The molecule has 0 aliphatic carbocycles. The topological polar surface area (TPSA) is 64.1 Å². The molecule has 0 radical (unpaired) electrons. The van der Waals surface area contributed by atoms with Gasteiger partial charge in [0.2, 0.25) is 0 Å². The number of rotatable bonds is 9. The maximum Gasteiger partial charge on any atom is 0.191 e. The van der Waals surface area contributed by atoms with Crippen molar-refractivity contribution in [3.63, 3.8) is 0 Å². The third kappa shape index (κ3) is 7.80. The van der Waals surface area contributed by atoms with Crippen molar-refractivity contribution in [2.45, 2.75) is 32.1 Å². The zero-order valence-corrected chi connectivity index (χ0v) is 17.7. The molecule has 2 N–H and O–H groups in total. The van der Waals surface area contributed by atoms with Gasteiger partial charge in [-0.2, -0.15) is 0 Å². The summed E-state index contributed by atoms with van der Waals surface area (Å²) in [5.74, 6) is -0.729. The van der Waals surface area contributed by atoms with Gasteiger partial charge in [-0.15, -0.1) is 0 Å². The summed E-state index contributed by atoms with van der Waals surface area (Å²) in [6, 6.07) is 11.5. The van der Waals surface area contributed by atoms with Gasteiger partial charge in [0.05, 0.1) is 19.3 Å². The zero-order valence-electron chi connectivity index (χ0n) is 17.7. The summed E-state index contributed by atoms with van der Waals surface area (Å²) in [7, 11) is 1.67. The molecule has 6 nitrogen and oxygen atoms in total. The van der Waals surface area contributed by atoms with Gasteiger partial charge >= 0.3 is 0 Å². The number of hydrogen-bond acceptors (Lipinski definition) is 4. The van der Waals surface area contributed by atoms with E-state index < -0.39 is 11.6 Å². The van der Waals surface area contributed by atoms with Crippen LogP contribution >= 0.6 is 0 Å². The lowest BCUT2D eigenvalue weighted by Crippen LogP contribution is -2.38. The Kier molecular flexibility index (Phi) is 9.05. The van der Waals surface area contributed by atoms with Crippen LogP contribution in [0.5, 0.6) is 5.75 Å². The van der Waals surface area contributed by atoms with Gasteiger partial charge in [-0.3, -0.25) is 4.99 Å². The predicted molar refractivity (Wildman–Crippen MR) is 115 cm³/mol. The van der Waals surface area contributed by atoms with Crippen molar-refractivity contribution in [2.24, 2.45) is 4.99 Å². The number of guanidine groups is 1. The van der Waals surface area contributed by atoms with Crippen LogP contribution in [0.4, 0.5) is 8.78 Å². The van der Waals surface area contributed by atoms with Crippen LogP contribution in [0.2, 0.25) is 0 Å². The first-order chi connectivity index (χ1) is 15.1. The van der Waals surface area contributed by atoms with E-state index in [2.05, 4.69) is 27.8 Å². The standard InChI is InChI=1S/C23H29F2N3O3/c1-26-23(27-9-12-30-22-6-5-19(24)14-21(22)25)28-15-17-3-2-4-18(13-17)16-31-20-7-10-29-11-8-20/h2-6,13-14,20H,7-12,15-16H2,1H3,(H2,26,27,28). The molecule has 1 saturated heterocycles. The molecule has 1 aliphatic rings. The molecule has 8 heteroatoms. The van der Waals surface area contributed by atoms with Crippen LogP contribution in [0, 0.1) is 11.6 Å². The van der Waals surface area contributed by atoms with Gasteiger partial charge in [0.1, 0.15) is 12.4 Å². The van der Waals surface area contributed by atoms with Gasteiger partial charge in [0, 0.05) is 32.9 Å². The highest BCUT2D eigenvalue weighted by Crippen LogP contribution is 2.17. The Balaban J connectivity index is 1.38. The van der Waals surface area contributed by atoms with E-state index in [0.717, 1.165) is 49.3 Å². The number of nitrogens with one attached hydrogen (secondary N) is 2. The average Bonchev–Trinajstić information content (AvgIpc) is 2.79. The Bertz CT molecular complexity index is 858. The number of ether oxygens (including phenoxy) is 3. The first-order valence-electron chi connectivity index (χ1n) is 10.4. The molecule has 2 aromatic rings. The van der Waals surface area contributed by atoms with Crippen LogP contribution < -0.4 is 15.4 Å². The molecule has 168 valence electrons. The second kappa shape index (κ2) is 12.2. The first kappa shape index (κ1) is 23.0. The van der Waals surface area contributed by atoms with Gasteiger partial charge in [0.25, 0.3) is 0 Å². The molecule has 2 aromatic carbocycles. The Hall–Kier alpha value is -2.71. The minimum Gasteiger partial charge on any atom is -0.489 e. The second-order valence-electron chi connectivity index (χ2n) is 7.22. The highest BCUT2D eigenvalue weighted by atomic mass is 19.1. The van der Waals surface area contributed by atoms with E-state index in [9.17, 15) is 8.78 Å². The molecule has 0 bridgehead atoms. The Morgan fingerprint density at radius 2 is 1.90 bits per heavy atom. The lowest BCUT2D eigenvalue weighted by atomic mass is 10.1. The molecule has 3 rings (SSSR count). The smallest absolute Gasteiger partial charge is 0.191 e. The number of benzene rings is 2. The van der Waals surface area contributed by atoms with Crippen molar-refractivity contribution >= 4 is 5.96 Å². The van der Waals surface area contributed by atoms with Crippen molar-refractivity contribution < 1.29 is 23.0 Å². The Labute approximate surface area is 181 Å². The number of nitrogens with zero attached hydrogens (tertiary/aromatic N) is 1. The van der Waals surface area contributed by atoms with Crippen LogP contribution in [0.25, 0.3) is 0 Å². The van der Waals surface area contributed by atoms with Crippen LogP contribution in [0.3, 0.4) is 0 Å². The fourth-order valence-corrected chi connectivity index (χ4v) is 3.22. The van der Waals surface area contributed by atoms with Gasteiger partial charge in [-0.05, 0) is 36.1 Å². The summed E-state index contributed by atoms with van der Waals surface area (Å²) < 4.78 is 43.2. The maximum atomic E-state index is 13.6. The largest absolute Gasteiger partial charge is 0.489 e. The molecule has 1 heterocycles. The van der Waals surface area contributed by atoms with E-state index in [1.807, 2.05) is 12.1 Å². The molecular weight excluding hydrogens is 404 g/mol. The molecule has 0 saturated carbocycles. The molecule has 0 atom stereocenters. The van der Waals surface area contributed by atoms with Crippen molar-refractivity contribution in [1.82, 2.24) is 10.6 Å². The van der Waals surface area contributed by atoms with Gasteiger partial charge < -0.3 is 24.8 Å². The highest BCUT2D eigenvalue weighted by molar-refractivity contribution is 5.79. The molecule has 0 unspecified atom stereocenters. The van der Waals surface area contributed by atoms with Crippen molar-refractivity contribution in [1.29, 1.82) is 0 Å². The fraction of sp³-hybridized carbons (Fsp3) is 0.435. The predicted octanol–water partition coefficient (Wildman–Crippen LogP) is 3.40. The van der Waals surface area contributed by atoms with Crippen LogP contribution in [0.15, 0.2) is 47.5 Å². The number of hydrogen-bond donors (Lipinski definition) is 2. The number of halogens is 2. The molecule has 31 heavy (non-hydrogen) atoms. The minimum atomic E-state index is -0.719.